The highest BCUT2D eigenvalue weighted by atomic mass is 16.5. The molecule has 0 bridgehead atoms. The predicted molar refractivity (Wildman–Crippen MR) is 133 cm³/mol. The van der Waals surface area contributed by atoms with Crippen molar-refractivity contribution in [2.24, 2.45) is 0 Å². The Morgan fingerprint density at radius 1 is 1.06 bits per heavy atom. The fourth-order valence-electron chi connectivity index (χ4n) is 3.72. The van der Waals surface area contributed by atoms with Crippen LogP contribution in [0.1, 0.15) is 42.6 Å². The number of aryl methyl sites for hydroxylation is 1. The van der Waals surface area contributed by atoms with Crippen LogP contribution in [0.5, 0.6) is 5.75 Å². The van der Waals surface area contributed by atoms with Crippen molar-refractivity contribution in [3.05, 3.63) is 70.1 Å². The van der Waals surface area contributed by atoms with Crippen molar-refractivity contribution in [2.45, 2.75) is 39.7 Å². The van der Waals surface area contributed by atoms with Crippen LogP contribution in [0.2, 0.25) is 0 Å². The molecule has 8 heteroatoms. The van der Waals surface area contributed by atoms with Gasteiger partial charge in [0.2, 0.25) is 0 Å². The first kappa shape index (κ1) is 25.0. The van der Waals surface area contributed by atoms with Crippen LogP contribution in [0.25, 0.3) is 11.0 Å². The van der Waals surface area contributed by atoms with Crippen molar-refractivity contribution in [3.8, 4) is 5.75 Å². The summed E-state index contributed by atoms with van der Waals surface area (Å²) in [6.07, 6.45) is 2.01. The number of likely N-dealkylation sites (tertiary alicyclic amines) is 1. The average molecular weight is 466 g/mol. The molecule has 1 saturated heterocycles. The number of benzene rings is 2. The molecule has 0 radical (unpaired) electrons. The molecule has 0 saturated carbocycles. The maximum Gasteiger partial charge on any atom is 0.360 e. The minimum absolute atomic E-state index is 0.0563. The Morgan fingerprint density at radius 3 is 2.41 bits per heavy atom. The number of fused-ring (bicyclic) bond motifs is 1. The highest BCUT2D eigenvalue weighted by Crippen LogP contribution is 2.29. The van der Waals surface area contributed by atoms with Crippen LogP contribution < -0.4 is 21.0 Å². The van der Waals surface area contributed by atoms with Gasteiger partial charge in [-0.1, -0.05) is 32.0 Å². The van der Waals surface area contributed by atoms with Crippen molar-refractivity contribution >= 4 is 28.6 Å². The van der Waals surface area contributed by atoms with E-state index in [4.69, 9.17) is 9.15 Å². The van der Waals surface area contributed by atoms with Crippen molar-refractivity contribution in [1.29, 1.82) is 0 Å². The van der Waals surface area contributed by atoms with Gasteiger partial charge in [-0.3, -0.25) is 10.1 Å². The highest BCUT2D eigenvalue weighted by molar-refractivity contribution is 6.08. The first-order chi connectivity index (χ1) is 16.4. The number of amides is 3. The van der Waals surface area contributed by atoms with Gasteiger partial charge in [0.25, 0.3) is 5.91 Å². The van der Waals surface area contributed by atoms with E-state index < -0.39 is 17.6 Å². The van der Waals surface area contributed by atoms with E-state index in [2.05, 4.69) is 22.6 Å². The molecule has 0 aliphatic carbocycles. The molecule has 180 valence electrons. The molecule has 0 spiro atoms. The number of ether oxygens (including phenoxy) is 1. The molecule has 1 aliphatic rings. The predicted octanol–water partition coefficient (Wildman–Crippen LogP) is 4.56. The number of anilines is 1. The first-order valence-corrected chi connectivity index (χ1v) is 11.5. The SMILES string of the molecule is CC.Cc1c(OC2CCN(C)CC2)ccc2cc(NC(=O)NC(=O)c3ccccc3)c(=O)oc12. The second-order valence-electron chi connectivity index (χ2n) is 7.95. The van der Waals surface area contributed by atoms with Gasteiger partial charge in [-0.15, -0.1) is 0 Å². The molecule has 34 heavy (non-hydrogen) atoms. The molecular formula is C26H31N3O5. The summed E-state index contributed by atoms with van der Waals surface area (Å²) in [6.45, 7) is 7.81. The minimum atomic E-state index is -0.815. The van der Waals surface area contributed by atoms with E-state index in [1.807, 2.05) is 26.8 Å². The first-order valence-electron chi connectivity index (χ1n) is 11.5. The lowest BCUT2D eigenvalue weighted by molar-refractivity contribution is 0.0967. The van der Waals surface area contributed by atoms with Gasteiger partial charge in [-0.25, -0.2) is 9.59 Å². The van der Waals surface area contributed by atoms with E-state index in [1.54, 1.807) is 36.4 Å². The number of carbonyl (C=O) groups excluding carboxylic acids is 2. The summed E-state index contributed by atoms with van der Waals surface area (Å²) in [5, 5.41) is 5.23. The average Bonchev–Trinajstić information content (AvgIpc) is 2.85. The lowest BCUT2D eigenvalue weighted by Gasteiger charge is -2.29. The van der Waals surface area contributed by atoms with Crippen molar-refractivity contribution < 1.29 is 18.7 Å². The number of hydrogen-bond donors (Lipinski definition) is 2. The summed E-state index contributed by atoms with van der Waals surface area (Å²) in [4.78, 5) is 39.1. The standard InChI is InChI=1S/C24H25N3O5.C2H6/c1-15-20(31-18-10-12-27(2)13-11-18)9-8-17-14-19(23(29)32-21(15)17)25-24(30)26-22(28)16-6-4-3-5-7-16;1-2/h3-9,14,18H,10-13H2,1-2H3,(H2,25,26,28,30);1-2H3. The zero-order valence-corrected chi connectivity index (χ0v) is 20.0. The normalized spacial score (nSPS) is 14.1. The number of carbonyl (C=O) groups is 2. The molecule has 3 aromatic rings. The number of nitrogens with one attached hydrogen (secondary N) is 2. The maximum atomic E-state index is 12.5. The minimum Gasteiger partial charge on any atom is -0.490 e. The second-order valence-corrected chi connectivity index (χ2v) is 7.95. The molecule has 1 fully saturated rings. The van der Waals surface area contributed by atoms with E-state index in [1.165, 1.54) is 6.07 Å². The van der Waals surface area contributed by atoms with E-state index in [9.17, 15) is 14.4 Å². The van der Waals surface area contributed by atoms with Gasteiger partial charge < -0.3 is 19.4 Å². The Balaban J connectivity index is 0.00000158. The number of hydrogen-bond acceptors (Lipinski definition) is 6. The Kier molecular flexibility index (Phi) is 8.43. The number of urea groups is 1. The summed E-state index contributed by atoms with van der Waals surface area (Å²) in [5.74, 6) is 0.113. The van der Waals surface area contributed by atoms with Crippen LogP contribution in [-0.4, -0.2) is 43.1 Å². The van der Waals surface area contributed by atoms with E-state index >= 15 is 0 Å². The fraction of sp³-hybridized carbons (Fsp3) is 0.346. The third kappa shape index (κ3) is 6.02. The molecule has 0 atom stereocenters. The number of nitrogens with zero attached hydrogens (tertiary/aromatic N) is 1. The van der Waals surface area contributed by atoms with E-state index in [0.717, 1.165) is 31.5 Å². The molecule has 2 N–H and O–H groups in total. The Bertz CT molecular complexity index is 1200. The molecule has 2 aromatic carbocycles. The lowest BCUT2D eigenvalue weighted by Crippen LogP contribution is -2.35. The topological polar surface area (TPSA) is 101 Å². The van der Waals surface area contributed by atoms with Gasteiger partial charge >= 0.3 is 11.7 Å². The molecule has 3 amide bonds. The largest absolute Gasteiger partial charge is 0.490 e. The molecule has 1 aromatic heterocycles. The quantitative estimate of drug-likeness (QED) is 0.548. The van der Waals surface area contributed by atoms with Gasteiger partial charge in [0, 0.05) is 29.6 Å². The Labute approximate surface area is 198 Å². The van der Waals surface area contributed by atoms with Crippen molar-refractivity contribution in [2.75, 3.05) is 25.5 Å². The van der Waals surface area contributed by atoms with Gasteiger partial charge in [0.05, 0.1) is 0 Å². The van der Waals surface area contributed by atoms with Gasteiger partial charge in [-0.05, 0) is 57.1 Å². The highest BCUT2D eigenvalue weighted by Gasteiger charge is 2.20. The summed E-state index contributed by atoms with van der Waals surface area (Å²) in [6, 6.07) is 12.7. The van der Waals surface area contributed by atoms with Crippen molar-refractivity contribution in [1.82, 2.24) is 10.2 Å². The maximum absolute atomic E-state index is 12.5. The van der Waals surface area contributed by atoms with Crippen LogP contribution in [0.3, 0.4) is 0 Å². The Hall–Kier alpha value is -3.65. The number of imide groups is 1. The summed E-state index contributed by atoms with van der Waals surface area (Å²) in [7, 11) is 2.09. The summed E-state index contributed by atoms with van der Waals surface area (Å²) in [5.41, 5.74) is 0.708. The monoisotopic (exact) mass is 465 g/mol. The van der Waals surface area contributed by atoms with Crippen molar-refractivity contribution in [3.63, 3.8) is 0 Å². The fourth-order valence-corrected chi connectivity index (χ4v) is 3.72. The zero-order chi connectivity index (χ0) is 24.7. The molecule has 0 unspecified atom stereocenters. The van der Waals surface area contributed by atoms with Gasteiger partial charge in [0.1, 0.15) is 23.1 Å². The number of piperidine rings is 1. The van der Waals surface area contributed by atoms with E-state index in [-0.39, 0.29) is 11.8 Å². The zero-order valence-electron chi connectivity index (χ0n) is 20.0. The molecule has 8 nitrogen and oxygen atoms in total. The van der Waals surface area contributed by atoms with Crippen LogP contribution in [0, 0.1) is 6.92 Å². The second kappa shape index (κ2) is 11.5. The Morgan fingerprint density at radius 2 is 1.74 bits per heavy atom. The molecule has 4 rings (SSSR count). The van der Waals surface area contributed by atoms with Crippen LogP contribution >= 0.6 is 0 Å². The molecule has 2 heterocycles. The van der Waals surface area contributed by atoms with Crippen LogP contribution in [0.15, 0.2) is 57.7 Å². The third-order valence-electron chi connectivity index (χ3n) is 5.57. The van der Waals surface area contributed by atoms with E-state index in [0.29, 0.717) is 22.3 Å². The molecule has 1 aliphatic heterocycles. The van der Waals surface area contributed by atoms with Gasteiger partial charge in [0.15, 0.2) is 0 Å². The number of rotatable bonds is 4. The lowest BCUT2D eigenvalue weighted by atomic mass is 10.1. The van der Waals surface area contributed by atoms with Crippen LogP contribution in [-0.2, 0) is 0 Å². The van der Waals surface area contributed by atoms with Gasteiger partial charge in [-0.2, -0.15) is 0 Å². The molecular weight excluding hydrogens is 434 g/mol. The van der Waals surface area contributed by atoms with Crippen LogP contribution in [0.4, 0.5) is 10.5 Å². The summed E-state index contributed by atoms with van der Waals surface area (Å²) >= 11 is 0. The smallest absolute Gasteiger partial charge is 0.360 e. The third-order valence-corrected chi connectivity index (χ3v) is 5.57. The summed E-state index contributed by atoms with van der Waals surface area (Å²) < 4.78 is 11.6.